The second-order valence-corrected chi connectivity index (χ2v) is 6.33. The number of rotatable bonds is 5. The molecule has 2 N–H and O–H groups in total. The molecular formula is C17H21FN4O3. The van der Waals surface area contributed by atoms with Crippen LogP contribution in [0.15, 0.2) is 30.3 Å². The van der Waals surface area contributed by atoms with E-state index in [1.165, 1.54) is 12.1 Å². The van der Waals surface area contributed by atoms with Gasteiger partial charge in [0.05, 0.1) is 17.8 Å². The highest BCUT2D eigenvalue weighted by molar-refractivity contribution is 5.92. The monoisotopic (exact) mass is 348 g/mol. The number of nitrogens with zero attached hydrogens (tertiary/aromatic N) is 3. The molecule has 2 aromatic rings. The summed E-state index contributed by atoms with van der Waals surface area (Å²) >= 11 is 0. The topological polar surface area (TPSA) is 81.7 Å². The van der Waals surface area contributed by atoms with Gasteiger partial charge in [-0.2, -0.15) is 5.10 Å². The van der Waals surface area contributed by atoms with Gasteiger partial charge in [-0.25, -0.2) is 4.39 Å². The number of ether oxygens (including phenoxy) is 1. The number of hydrogen-bond donors (Lipinski definition) is 2. The Morgan fingerprint density at radius 3 is 2.92 bits per heavy atom. The summed E-state index contributed by atoms with van der Waals surface area (Å²) in [5.41, 5.74) is 0.876. The molecule has 8 heteroatoms. The maximum absolute atomic E-state index is 13.1. The van der Waals surface area contributed by atoms with Crippen LogP contribution < -0.4 is 4.74 Å². The van der Waals surface area contributed by atoms with E-state index < -0.39 is 6.10 Å². The van der Waals surface area contributed by atoms with Crippen LogP contribution in [0.2, 0.25) is 0 Å². The summed E-state index contributed by atoms with van der Waals surface area (Å²) in [4.78, 5) is 16.0. The molecule has 7 nitrogen and oxygen atoms in total. The lowest BCUT2D eigenvalue weighted by atomic mass is 10.2. The summed E-state index contributed by atoms with van der Waals surface area (Å²) in [5, 5.41) is 16.8. The van der Waals surface area contributed by atoms with Gasteiger partial charge in [0.25, 0.3) is 5.91 Å². The Morgan fingerprint density at radius 1 is 1.44 bits per heavy atom. The summed E-state index contributed by atoms with van der Waals surface area (Å²) in [6.45, 7) is 0.880. The zero-order valence-corrected chi connectivity index (χ0v) is 14.1. The quantitative estimate of drug-likeness (QED) is 0.838. The van der Waals surface area contributed by atoms with Crippen molar-refractivity contribution in [2.75, 3.05) is 27.2 Å². The minimum absolute atomic E-state index is 0.0846. The molecule has 0 unspecified atom stereocenters. The van der Waals surface area contributed by atoms with Gasteiger partial charge in [-0.1, -0.05) is 6.07 Å². The first-order valence-electron chi connectivity index (χ1n) is 8.00. The van der Waals surface area contributed by atoms with Gasteiger partial charge in [0.1, 0.15) is 18.2 Å². The highest BCUT2D eigenvalue weighted by Crippen LogP contribution is 2.18. The molecule has 2 heterocycles. The van der Waals surface area contributed by atoms with Crippen LogP contribution in [0.25, 0.3) is 0 Å². The SMILES string of the molecule is CN(C)[C@@H]1CN(C(=O)c2cc(COc3cccc(F)c3)[nH]n2)C[C@H]1O. The molecule has 0 saturated carbocycles. The van der Waals surface area contributed by atoms with Crippen molar-refractivity contribution in [1.82, 2.24) is 20.0 Å². The van der Waals surface area contributed by atoms with E-state index in [2.05, 4.69) is 10.2 Å². The Kier molecular flexibility index (Phi) is 5.00. The molecule has 0 radical (unpaired) electrons. The first kappa shape index (κ1) is 17.4. The third-order valence-corrected chi connectivity index (χ3v) is 4.25. The minimum atomic E-state index is -0.575. The van der Waals surface area contributed by atoms with Crippen LogP contribution in [0.4, 0.5) is 4.39 Å². The highest BCUT2D eigenvalue weighted by atomic mass is 19.1. The van der Waals surface area contributed by atoms with Crippen molar-refractivity contribution in [1.29, 1.82) is 0 Å². The number of carbonyl (C=O) groups excluding carboxylic acids is 1. The standard InChI is InChI=1S/C17H21FN4O3/c1-21(2)15-8-22(9-16(15)23)17(24)14-7-12(19-20-14)10-25-13-5-3-4-11(18)6-13/h3-7,15-16,23H,8-10H2,1-2H3,(H,19,20)/t15-,16-/m1/s1. The summed E-state index contributed by atoms with van der Waals surface area (Å²) in [5.74, 6) is -0.211. The second kappa shape index (κ2) is 7.20. The highest BCUT2D eigenvalue weighted by Gasteiger charge is 2.36. The number of nitrogens with one attached hydrogen (secondary N) is 1. The first-order valence-corrected chi connectivity index (χ1v) is 8.00. The van der Waals surface area contributed by atoms with E-state index in [9.17, 15) is 14.3 Å². The van der Waals surface area contributed by atoms with Crippen molar-refractivity contribution in [3.8, 4) is 5.75 Å². The van der Waals surface area contributed by atoms with Gasteiger partial charge in [0, 0.05) is 19.2 Å². The van der Waals surface area contributed by atoms with Crippen LogP contribution in [-0.2, 0) is 6.61 Å². The second-order valence-electron chi connectivity index (χ2n) is 6.33. The number of aliphatic hydroxyl groups is 1. The molecule has 25 heavy (non-hydrogen) atoms. The molecule has 2 atom stereocenters. The number of β-amino-alcohol motifs (C(OH)–C–C–N with tert-alkyl or cyclic N) is 1. The Labute approximate surface area is 145 Å². The molecule has 0 spiro atoms. The maximum atomic E-state index is 13.1. The van der Waals surface area contributed by atoms with E-state index in [0.29, 0.717) is 18.0 Å². The summed E-state index contributed by atoms with van der Waals surface area (Å²) in [7, 11) is 3.75. The van der Waals surface area contributed by atoms with Crippen LogP contribution in [0, 0.1) is 5.82 Å². The molecule has 1 aliphatic rings. The van der Waals surface area contributed by atoms with Crippen LogP contribution in [0.5, 0.6) is 5.75 Å². The number of amides is 1. The van der Waals surface area contributed by atoms with Gasteiger partial charge in [0.15, 0.2) is 5.69 Å². The van der Waals surface area contributed by atoms with Gasteiger partial charge < -0.3 is 19.6 Å². The zero-order chi connectivity index (χ0) is 18.0. The molecular weight excluding hydrogens is 327 g/mol. The van der Waals surface area contributed by atoms with E-state index in [-0.39, 0.29) is 36.6 Å². The van der Waals surface area contributed by atoms with Crippen molar-refractivity contribution < 1.29 is 19.0 Å². The Balaban J connectivity index is 1.60. The molecule has 0 bridgehead atoms. The molecule has 1 saturated heterocycles. The smallest absolute Gasteiger partial charge is 0.274 e. The number of aromatic amines is 1. The number of carbonyl (C=O) groups is 1. The lowest BCUT2D eigenvalue weighted by molar-refractivity contribution is 0.0758. The predicted octanol–water partition coefficient (Wildman–Crippen LogP) is 0.875. The van der Waals surface area contributed by atoms with E-state index >= 15 is 0 Å². The molecule has 1 amide bonds. The number of hydrogen-bond acceptors (Lipinski definition) is 5. The Bertz CT molecular complexity index is 749. The number of halogens is 1. The van der Waals surface area contributed by atoms with Crippen LogP contribution in [0.1, 0.15) is 16.2 Å². The third kappa shape index (κ3) is 3.97. The van der Waals surface area contributed by atoms with Gasteiger partial charge in [-0.05, 0) is 32.3 Å². The number of aromatic nitrogens is 2. The van der Waals surface area contributed by atoms with Gasteiger partial charge in [0.2, 0.25) is 0 Å². The van der Waals surface area contributed by atoms with Crippen LogP contribution in [-0.4, -0.2) is 70.3 Å². The van der Waals surface area contributed by atoms with Crippen molar-refractivity contribution >= 4 is 5.91 Å². The number of benzene rings is 1. The van der Waals surface area contributed by atoms with Crippen LogP contribution >= 0.6 is 0 Å². The Hall–Kier alpha value is -2.45. The lowest BCUT2D eigenvalue weighted by Crippen LogP contribution is -2.38. The van der Waals surface area contributed by atoms with E-state index in [1.54, 1.807) is 23.1 Å². The fraction of sp³-hybridized carbons (Fsp3) is 0.412. The van der Waals surface area contributed by atoms with Crippen LogP contribution in [0.3, 0.4) is 0 Å². The molecule has 1 aromatic heterocycles. The van der Waals surface area contributed by atoms with Gasteiger partial charge >= 0.3 is 0 Å². The van der Waals surface area contributed by atoms with E-state index in [0.717, 1.165) is 0 Å². The molecule has 3 rings (SSSR count). The fourth-order valence-corrected chi connectivity index (χ4v) is 2.87. The average molecular weight is 348 g/mol. The number of likely N-dealkylation sites (N-methyl/N-ethyl adjacent to an activating group) is 1. The zero-order valence-electron chi connectivity index (χ0n) is 14.1. The number of likely N-dealkylation sites (tertiary alicyclic amines) is 1. The van der Waals surface area contributed by atoms with Crippen molar-refractivity contribution in [3.63, 3.8) is 0 Å². The molecule has 0 aliphatic carbocycles. The average Bonchev–Trinajstić information content (AvgIpc) is 3.19. The largest absolute Gasteiger partial charge is 0.487 e. The van der Waals surface area contributed by atoms with E-state index in [4.69, 9.17) is 4.74 Å². The molecule has 134 valence electrons. The predicted molar refractivity (Wildman–Crippen MR) is 88.7 cm³/mol. The molecule has 1 aliphatic heterocycles. The molecule has 1 fully saturated rings. The number of aliphatic hydroxyl groups excluding tert-OH is 1. The van der Waals surface area contributed by atoms with Crippen molar-refractivity contribution in [2.24, 2.45) is 0 Å². The molecule has 1 aromatic carbocycles. The minimum Gasteiger partial charge on any atom is -0.487 e. The third-order valence-electron chi connectivity index (χ3n) is 4.25. The summed E-state index contributed by atoms with van der Waals surface area (Å²) in [6.07, 6.45) is -0.575. The lowest BCUT2D eigenvalue weighted by Gasteiger charge is -2.21. The Morgan fingerprint density at radius 2 is 2.24 bits per heavy atom. The number of H-pyrrole nitrogens is 1. The maximum Gasteiger partial charge on any atom is 0.274 e. The summed E-state index contributed by atoms with van der Waals surface area (Å²) in [6, 6.07) is 7.36. The van der Waals surface area contributed by atoms with Crippen molar-refractivity contribution in [2.45, 2.75) is 18.8 Å². The fourth-order valence-electron chi connectivity index (χ4n) is 2.87. The van der Waals surface area contributed by atoms with Gasteiger partial charge in [-0.3, -0.25) is 9.89 Å². The van der Waals surface area contributed by atoms with Crippen molar-refractivity contribution in [3.05, 3.63) is 47.5 Å². The normalized spacial score (nSPS) is 20.3. The van der Waals surface area contributed by atoms with Gasteiger partial charge in [-0.15, -0.1) is 0 Å². The summed E-state index contributed by atoms with van der Waals surface area (Å²) < 4.78 is 18.6. The first-order chi connectivity index (χ1) is 11.9. The van der Waals surface area contributed by atoms with E-state index in [1.807, 2.05) is 19.0 Å².